The van der Waals surface area contributed by atoms with Crippen molar-refractivity contribution in [2.45, 2.75) is 33.1 Å². The predicted molar refractivity (Wildman–Crippen MR) is 218 cm³/mol. The van der Waals surface area contributed by atoms with Gasteiger partial charge in [-0.2, -0.15) is 0 Å². The van der Waals surface area contributed by atoms with Crippen molar-refractivity contribution in [1.29, 1.82) is 0 Å². The van der Waals surface area contributed by atoms with E-state index in [2.05, 4.69) is 175 Å². The number of hydrogen-bond donors (Lipinski definition) is 2. The van der Waals surface area contributed by atoms with Gasteiger partial charge in [-0.1, -0.05) is 129 Å². The molecule has 7 aromatic rings. The summed E-state index contributed by atoms with van der Waals surface area (Å²) >= 11 is 0. The van der Waals surface area contributed by atoms with Gasteiger partial charge >= 0.3 is 0 Å². The molecule has 0 aliphatic carbocycles. The highest BCUT2D eigenvalue weighted by Gasteiger charge is 2.21. The number of nitrogens with one attached hydrogen (secondary N) is 2. The molecule has 4 aromatic carbocycles. The maximum absolute atomic E-state index is 5.49. The Morgan fingerprint density at radius 3 is 1.25 bits per heavy atom. The number of aromatic amines is 2. The average molecular weight is 673 g/mol. The molecule has 0 unspecified atom stereocenters. The molecule has 9 rings (SSSR count). The number of aromatic nitrogens is 4. The molecular weight excluding hydrogens is 633 g/mol. The van der Waals surface area contributed by atoms with Crippen LogP contribution in [0, 0.1) is 5.92 Å². The largest absolute Gasteiger partial charge is 0.354 e. The van der Waals surface area contributed by atoms with E-state index in [0.29, 0.717) is 5.92 Å². The van der Waals surface area contributed by atoms with Crippen LogP contribution in [0.25, 0.3) is 78.7 Å². The maximum Gasteiger partial charge on any atom is 0.0737 e. The summed E-state index contributed by atoms with van der Waals surface area (Å²) in [6, 6.07) is 49.8. The Kier molecular flexibility index (Phi) is 8.21. The summed E-state index contributed by atoms with van der Waals surface area (Å²) in [7, 11) is 0. The Balaban J connectivity index is 1.43. The van der Waals surface area contributed by atoms with Gasteiger partial charge in [0.1, 0.15) is 0 Å². The first kappa shape index (κ1) is 31.7. The maximum atomic E-state index is 5.49. The Morgan fingerprint density at radius 1 is 0.442 bits per heavy atom. The van der Waals surface area contributed by atoms with Gasteiger partial charge in [0.15, 0.2) is 0 Å². The summed E-state index contributed by atoms with van der Waals surface area (Å²) in [5.41, 5.74) is 18.5. The zero-order chi connectivity index (χ0) is 35.0. The van der Waals surface area contributed by atoms with Crippen molar-refractivity contribution in [3.63, 3.8) is 0 Å². The zero-order valence-electron chi connectivity index (χ0n) is 29.5. The van der Waals surface area contributed by atoms with Crippen LogP contribution in [0.2, 0.25) is 0 Å². The third kappa shape index (κ3) is 5.96. The van der Waals surface area contributed by atoms with Crippen LogP contribution < -0.4 is 0 Å². The molecule has 4 nitrogen and oxygen atoms in total. The van der Waals surface area contributed by atoms with E-state index < -0.39 is 0 Å². The quantitative estimate of drug-likeness (QED) is 0.185. The van der Waals surface area contributed by atoms with E-state index in [-0.39, 0.29) is 0 Å². The van der Waals surface area contributed by atoms with E-state index in [0.717, 1.165) is 109 Å². The number of fused-ring (bicyclic) bond motifs is 8. The van der Waals surface area contributed by atoms with E-state index in [4.69, 9.17) is 9.97 Å². The minimum Gasteiger partial charge on any atom is -0.354 e. The minimum atomic E-state index is 0.594. The van der Waals surface area contributed by atoms with Crippen LogP contribution in [0.5, 0.6) is 0 Å². The highest BCUT2D eigenvalue weighted by molar-refractivity contribution is 5.97. The Morgan fingerprint density at radius 2 is 0.827 bits per heavy atom. The highest BCUT2D eigenvalue weighted by Crippen LogP contribution is 2.38. The third-order valence-electron chi connectivity index (χ3n) is 10.1. The summed E-state index contributed by atoms with van der Waals surface area (Å²) in [6.45, 7) is 4.54. The first-order chi connectivity index (χ1) is 25.6. The molecule has 0 saturated heterocycles. The third-order valence-corrected chi connectivity index (χ3v) is 10.1. The Labute approximate surface area is 304 Å². The van der Waals surface area contributed by atoms with Crippen molar-refractivity contribution < 1.29 is 0 Å². The van der Waals surface area contributed by atoms with E-state index in [1.807, 2.05) is 0 Å². The minimum absolute atomic E-state index is 0.594. The Hall–Kier alpha value is -6.26. The van der Waals surface area contributed by atoms with Crippen molar-refractivity contribution in [3.8, 4) is 44.5 Å². The lowest BCUT2D eigenvalue weighted by Gasteiger charge is -2.08. The standard InChI is InChI=1S/C48H40N4/c1-31(2)30-32-18-20-36(21-19-32)48-43-28-26-41(51-43)46(34-14-8-4-9-15-34)39-24-22-37(49-39)45(33-12-6-3-7-13-33)38-23-25-40(50-38)47(35-16-10-5-11-17-35)42-27-29-44(48)52-42/h3-22,24,26-29,31,49,52H,23,25,30H2,1-2H3. The van der Waals surface area contributed by atoms with Crippen LogP contribution in [0.4, 0.5) is 0 Å². The molecule has 2 aliphatic rings. The van der Waals surface area contributed by atoms with Crippen LogP contribution >= 0.6 is 0 Å². The molecule has 252 valence electrons. The van der Waals surface area contributed by atoms with E-state index in [1.165, 1.54) is 5.56 Å². The van der Waals surface area contributed by atoms with Gasteiger partial charge in [-0.3, -0.25) is 4.98 Å². The van der Waals surface area contributed by atoms with Crippen LogP contribution in [-0.2, 0) is 19.3 Å². The molecule has 8 bridgehead atoms. The van der Waals surface area contributed by atoms with Gasteiger partial charge in [0.25, 0.3) is 0 Å². The smallest absolute Gasteiger partial charge is 0.0737 e. The van der Waals surface area contributed by atoms with Crippen LogP contribution in [0.15, 0.2) is 140 Å². The van der Waals surface area contributed by atoms with Crippen molar-refractivity contribution in [2.75, 3.05) is 0 Å². The monoisotopic (exact) mass is 672 g/mol. The van der Waals surface area contributed by atoms with E-state index in [1.54, 1.807) is 0 Å². The number of aryl methyl sites for hydroxylation is 2. The highest BCUT2D eigenvalue weighted by atomic mass is 14.8. The van der Waals surface area contributed by atoms with Gasteiger partial charge in [-0.25, -0.2) is 4.98 Å². The molecule has 4 heteroatoms. The van der Waals surface area contributed by atoms with Gasteiger partial charge in [0.05, 0.1) is 22.8 Å². The molecular formula is C48H40N4. The Bertz CT molecular complexity index is 2590. The lowest BCUT2D eigenvalue weighted by atomic mass is 9.98. The van der Waals surface area contributed by atoms with Crippen LogP contribution in [-0.4, -0.2) is 19.9 Å². The van der Waals surface area contributed by atoms with Gasteiger partial charge in [-0.15, -0.1) is 0 Å². The molecule has 0 atom stereocenters. The molecule has 5 heterocycles. The van der Waals surface area contributed by atoms with Crippen molar-refractivity contribution in [1.82, 2.24) is 19.9 Å². The molecule has 0 amide bonds. The molecule has 2 aliphatic heterocycles. The number of hydrogen-bond acceptors (Lipinski definition) is 2. The number of benzene rings is 4. The van der Waals surface area contributed by atoms with Crippen LogP contribution in [0.1, 0.15) is 42.2 Å². The average Bonchev–Trinajstić information content (AvgIpc) is 4.01. The number of nitrogens with zero attached hydrogens (tertiary/aromatic N) is 2. The summed E-state index contributed by atoms with van der Waals surface area (Å²) in [5.74, 6) is 0.594. The second-order valence-electron chi connectivity index (χ2n) is 14.2. The SMILES string of the molecule is CC(C)Cc1ccc(-c2c3nc(c(-c4ccccc4)c4ccc([nH]4)c(-c4ccccc4)c4nc(c(-c5ccccc5)c5ccc2[nH]5)CC4)C=C3)cc1. The first-order valence-electron chi connectivity index (χ1n) is 18.3. The number of rotatable bonds is 6. The van der Waals surface area contributed by atoms with E-state index in [9.17, 15) is 0 Å². The summed E-state index contributed by atoms with van der Waals surface area (Å²) in [6.07, 6.45) is 7.08. The summed E-state index contributed by atoms with van der Waals surface area (Å²) < 4.78 is 0. The van der Waals surface area contributed by atoms with Crippen molar-refractivity contribution in [3.05, 3.63) is 168 Å². The molecule has 0 fully saturated rings. The van der Waals surface area contributed by atoms with Crippen molar-refractivity contribution >= 4 is 34.2 Å². The van der Waals surface area contributed by atoms with Crippen LogP contribution in [0.3, 0.4) is 0 Å². The fourth-order valence-electron chi connectivity index (χ4n) is 7.82. The second-order valence-corrected chi connectivity index (χ2v) is 14.2. The number of H-pyrrole nitrogens is 2. The molecule has 0 spiro atoms. The topological polar surface area (TPSA) is 57.4 Å². The van der Waals surface area contributed by atoms with Gasteiger partial charge in [0, 0.05) is 44.3 Å². The first-order valence-corrected chi connectivity index (χ1v) is 18.3. The second kappa shape index (κ2) is 13.5. The summed E-state index contributed by atoms with van der Waals surface area (Å²) in [5, 5.41) is 0. The van der Waals surface area contributed by atoms with Gasteiger partial charge in [-0.05, 0) is 89.4 Å². The molecule has 0 saturated carbocycles. The normalized spacial score (nSPS) is 12.4. The van der Waals surface area contributed by atoms with Gasteiger partial charge in [0.2, 0.25) is 0 Å². The lowest BCUT2D eigenvalue weighted by molar-refractivity contribution is 0.647. The fraction of sp³-hybridized carbons (Fsp3) is 0.125. The molecule has 3 aromatic heterocycles. The van der Waals surface area contributed by atoms with Crippen molar-refractivity contribution in [2.24, 2.45) is 5.92 Å². The molecule has 0 radical (unpaired) electrons. The zero-order valence-corrected chi connectivity index (χ0v) is 29.5. The van der Waals surface area contributed by atoms with E-state index >= 15 is 0 Å². The fourth-order valence-corrected chi connectivity index (χ4v) is 7.82. The summed E-state index contributed by atoms with van der Waals surface area (Å²) in [4.78, 5) is 18.7. The lowest BCUT2D eigenvalue weighted by Crippen LogP contribution is -1.94. The predicted octanol–water partition coefficient (Wildman–Crippen LogP) is 12.1. The molecule has 2 N–H and O–H groups in total. The van der Waals surface area contributed by atoms with Gasteiger partial charge < -0.3 is 9.97 Å². The molecule has 52 heavy (non-hydrogen) atoms.